The van der Waals surface area contributed by atoms with E-state index in [1.165, 1.54) is 0 Å². The van der Waals surface area contributed by atoms with Gasteiger partial charge >= 0.3 is 0 Å². The minimum absolute atomic E-state index is 0.0244. The molecule has 0 aliphatic carbocycles. The maximum atomic E-state index is 11.4. The van der Waals surface area contributed by atoms with Crippen LogP contribution in [-0.2, 0) is 9.53 Å². The second-order valence-corrected chi connectivity index (χ2v) is 2.67. The zero-order chi connectivity index (χ0) is 8.97. The molecule has 1 amide bonds. The third kappa shape index (κ3) is 1.84. The Morgan fingerprint density at radius 1 is 1.83 bits per heavy atom. The minimum Gasteiger partial charge on any atom is -0.365 e. The van der Waals surface area contributed by atoms with Gasteiger partial charge in [-0.1, -0.05) is 6.08 Å². The summed E-state index contributed by atoms with van der Waals surface area (Å²) in [6.07, 6.45) is 1.26. The molecule has 1 rings (SSSR count). The molecule has 0 aromatic rings. The molecule has 12 heavy (non-hydrogen) atoms. The fourth-order valence-electron chi connectivity index (χ4n) is 1.20. The first-order valence-corrected chi connectivity index (χ1v) is 4.01. The van der Waals surface area contributed by atoms with Crippen LogP contribution in [0.25, 0.3) is 0 Å². The van der Waals surface area contributed by atoms with Gasteiger partial charge in [0.1, 0.15) is 6.10 Å². The average Bonchev–Trinajstić information content (AvgIpc) is 2.09. The van der Waals surface area contributed by atoms with Crippen molar-refractivity contribution in [3.63, 3.8) is 0 Å². The lowest BCUT2D eigenvalue weighted by atomic mass is 10.2. The van der Waals surface area contributed by atoms with Crippen LogP contribution < -0.4 is 5.73 Å². The Bertz CT molecular complexity index is 182. The highest BCUT2D eigenvalue weighted by atomic mass is 16.5. The van der Waals surface area contributed by atoms with Crippen LogP contribution in [0.1, 0.15) is 0 Å². The normalized spacial score (nSPS) is 24.2. The van der Waals surface area contributed by atoms with Gasteiger partial charge in [0, 0.05) is 19.6 Å². The molecule has 0 radical (unpaired) electrons. The summed E-state index contributed by atoms with van der Waals surface area (Å²) in [6.45, 7) is 5.62. The van der Waals surface area contributed by atoms with Crippen LogP contribution in [0, 0.1) is 0 Å². The molecule has 0 spiro atoms. The van der Waals surface area contributed by atoms with Gasteiger partial charge in [-0.25, -0.2) is 0 Å². The van der Waals surface area contributed by atoms with E-state index in [4.69, 9.17) is 10.5 Å². The number of rotatable bonds is 3. The van der Waals surface area contributed by atoms with Crippen molar-refractivity contribution in [2.75, 3.05) is 26.2 Å². The van der Waals surface area contributed by atoms with Crippen molar-refractivity contribution in [3.05, 3.63) is 12.7 Å². The molecule has 1 heterocycles. The monoisotopic (exact) mass is 170 g/mol. The fourth-order valence-corrected chi connectivity index (χ4v) is 1.20. The molecule has 0 aromatic heterocycles. The maximum Gasteiger partial charge on any atom is 0.253 e. The zero-order valence-electron chi connectivity index (χ0n) is 7.03. The summed E-state index contributed by atoms with van der Waals surface area (Å²) < 4.78 is 5.17. The van der Waals surface area contributed by atoms with Gasteiger partial charge in [0.15, 0.2) is 0 Å². The van der Waals surface area contributed by atoms with Crippen molar-refractivity contribution in [1.82, 2.24) is 4.90 Å². The molecule has 4 heteroatoms. The van der Waals surface area contributed by atoms with E-state index >= 15 is 0 Å². The minimum atomic E-state index is -0.446. The van der Waals surface area contributed by atoms with Crippen LogP contribution in [0.2, 0.25) is 0 Å². The third-order valence-electron chi connectivity index (χ3n) is 1.83. The predicted octanol–water partition coefficient (Wildman–Crippen LogP) is -0.641. The summed E-state index contributed by atoms with van der Waals surface area (Å²) >= 11 is 0. The summed E-state index contributed by atoms with van der Waals surface area (Å²) in [5.41, 5.74) is 5.35. The van der Waals surface area contributed by atoms with Gasteiger partial charge in [-0.05, 0) is 0 Å². The predicted molar refractivity (Wildman–Crippen MR) is 45.6 cm³/mol. The number of hydrogen-bond donors (Lipinski definition) is 1. The lowest BCUT2D eigenvalue weighted by Crippen LogP contribution is -2.50. The number of morpholine rings is 1. The van der Waals surface area contributed by atoms with Gasteiger partial charge in [-0.3, -0.25) is 4.79 Å². The number of carbonyl (C=O) groups is 1. The molecule has 0 aromatic carbocycles. The number of amides is 1. The molecule has 0 bridgehead atoms. The van der Waals surface area contributed by atoms with Crippen molar-refractivity contribution < 1.29 is 9.53 Å². The second kappa shape index (κ2) is 4.23. The Balaban J connectivity index is 2.52. The molecular formula is C8H14N2O2. The van der Waals surface area contributed by atoms with E-state index in [1.807, 2.05) is 0 Å². The summed E-state index contributed by atoms with van der Waals surface area (Å²) in [7, 11) is 0. The largest absolute Gasteiger partial charge is 0.365 e. The topological polar surface area (TPSA) is 55.6 Å². The van der Waals surface area contributed by atoms with Gasteiger partial charge in [-0.2, -0.15) is 0 Å². The molecule has 1 saturated heterocycles. The Hall–Kier alpha value is -0.870. The van der Waals surface area contributed by atoms with Crippen LogP contribution in [0.15, 0.2) is 12.7 Å². The van der Waals surface area contributed by atoms with Gasteiger partial charge in [0.2, 0.25) is 0 Å². The van der Waals surface area contributed by atoms with Gasteiger partial charge < -0.3 is 15.4 Å². The van der Waals surface area contributed by atoms with E-state index in [1.54, 1.807) is 11.0 Å². The Morgan fingerprint density at radius 2 is 2.58 bits per heavy atom. The third-order valence-corrected chi connectivity index (χ3v) is 1.83. The number of ether oxygens (including phenoxy) is 1. The molecule has 4 nitrogen and oxygen atoms in total. The highest BCUT2D eigenvalue weighted by Gasteiger charge is 2.27. The quantitative estimate of drug-likeness (QED) is 0.573. The number of nitrogens with zero attached hydrogens (tertiary/aromatic N) is 1. The van der Waals surface area contributed by atoms with E-state index in [0.29, 0.717) is 19.7 Å². The molecule has 68 valence electrons. The highest BCUT2D eigenvalue weighted by Crippen LogP contribution is 2.05. The van der Waals surface area contributed by atoms with Crippen LogP contribution in [0.4, 0.5) is 0 Å². The van der Waals surface area contributed by atoms with Gasteiger partial charge in [0.25, 0.3) is 5.91 Å². The van der Waals surface area contributed by atoms with Crippen molar-refractivity contribution in [1.29, 1.82) is 0 Å². The van der Waals surface area contributed by atoms with E-state index in [-0.39, 0.29) is 12.5 Å². The second-order valence-electron chi connectivity index (χ2n) is 2.67. The zero-order valence-corrected chi connectivity index (χ0v) is 7.03. The van der Waals surface area contributed by atoms with Crippen molar-refractivity contribution in [2.24, 2.45) is 5.73 Å². The van der Waals surface area contributed by atoms with Crippen LogP contribution in [-0.4, -0.2) is 43.2 Å². The van der Waals surface area contributed by atoms with Crippen molar-refractivity contribution in [2.45, 2.75) is 6.10 Å². The average molecular weight is 170 g/mol. The van der Waals surface area contributed by atoms with Crippen LogP contribution in [0.3, 0.4) is 0 Å². The first-order valence-electron chi connectivity index (χ1n) is 4.01. The lowest BCUT2D eigenvalue weighted by Gasteiger charge is -2.30. The Labute approximate surface area is 72.0 Å². The van der Waals surface area contributed by atoms with Crippen molar-refractivity contribution in [3.8, 4) is 0 Å². The summed E-state index contributed by atoms with van der Waals surface area (Å²) in [6, 6.07) is 0. The summed E-state index contributed by atoms with van der Waals surface area (Å²) in [5, 5.41) is 0. The lowest BCUT2D eigenvalue weighted by molar-refractivity contribution is -0.151. The molecule has 1 aliphatic heterocycles. The van der Waals surface area contributed by atoms with E-state index in [0.717, 1.165) is 0 Å². The molecule has 2 N–H and O–H groups in total. The molecule has 0 saturated carbocycles. The first kappa shape index (κ1) is 9.22. The summed E-state index contributed by atoms with van der Waals surface area (Å²) in [5.74, 6) is -0.0244. The Kier molecular flexibility index (Phi) is 3.25. The molecule has 1 fully saturated rings. The number of carbonyl (C=O) groups excluding carboxylic acids is 1. The standard InChI is InChI=1S/C8H14N2O2/c1-2-3-10-4-5-12-7(6-9)8(10)11/h2,7H,1,3-6,9H2. The molecule has 1 aliphatic rings. The van der Waals surface area contributed by atoms with E-state index in [2.05, 4.69) is 6.58 Å². The van der Waals surface area contributed by atoms with Gasteiger partial charge in [0.05, 0.1) is 6.61 Å². The summed E-state index contributed by atoms with van der Waals surface area (Å²) in [4.78, 5) is 13.1. The fraction of sp³-hybridized carbons (Fsp3) is 0.625. The SMILES string of the molecule is C=CCN1CCOC(CN)C1=O. The molecular weight excluding hydrogens is 156 g/mol. The molecule has 1 atom stereocenters. The van der Waals surface area contributed by atoms with Crippen LogP contribution in [0.5, 0.6) is 0 Å². The van der Waals surface area contributed by atoms with Gasteiger partial charge in [-0.15, -0.1) is 6.58 Å². The number of hydrogen-bond acceptors (Lipinski definition) is 3. The Morgan fingerprint density at radius 3 is 3.17 bits per heavy atom. The van der Waals surface area contributed by atoms with Crippen molar-refractivity contribution >= 4 is 5.91 Å². The maximum absolute atomic E-state index is 11.4. The number of nitrogens with two attached hydrogens (primary N) is 1. The highest BCUT2D eigenvalue weighted by molar-refractivity contribution is 5.81. The first-order chi connectivity index (χ1) is 5.79. The van der Waals surface area contributed by atoms with Crippen LogP contribution >= 0.6 is 0 Å². The van der Waals surface area contributed by atoms with E-state index < -0.39 is 6.10 Å². The van der Waals surface area contributed by atoms with E-state index in [9.17, 15) is 4.79 Å². The smallest absolute Gasteiger partial charge is 0.253 e. The molecule has 1 unspecified atom stereocenters.